The fourth-order valence-electron chi connectivity index (χ4n) is 7.49. The van der Waals surface area contributed by atoms with E-state index in [2.05, 4.69) is 130 Å². The molecular weight excluding hydrogens is 976 g/mol. The minimum Gasteiger partial charge on any atom is -0.462 e. The average molecular weight is 1080 g/mol. The smallest absolute Gasteiger partial charge is 0.462 e. The Hall–Kier alpha value is -4.12. The molecule has 432 valence electrons. The third-order valence-electron chi connectivity index (χ3n) is 11.9. The van der Waals surface area contributed by atoms with E-state index in [-0.39, 0.29) is 25.9 Å². The van der Waals surface area contributed by atoms with Crippen LogP contribution in [0, 0.1) is 0 Å². The summed E-state index contributed by atoms with van der Waals surface area (Å²) in [7, 11) is -4.78. The molecule has 0 saturated heterocycles. The highest BCUT2D eigenvalue weighted by Crippen LogP contribution is 2.43. The number of esters is 3. The molecule has 0 rings (SSSR count). The average Bonchev–Trinajstić information content (AvgIpc) is 3.41. The van der Waals surface area contributed by atoms with E-state index >= 15 is 0 Å². The van der Waals surface area contributed by atoms with Crippen LogP contribution in [0.3, 0.4) is 0 Å². The lowest BCUT2D eigenvalue weighted by molar-refractivity contribution is -0.161. The highest BCUT2D eigenvalue weighted by atomic mass is 31.2. The Morgan fingerprint density at radius 1 is 0.382 bits per heavy atom. The Morgan fingerprint density at radius 3 is 1.11 bits per heavy atom. The van der Waals surface area contributed by atoms with Crippen molar-refractivity contribution in [3.05, 3.63) is 122 Å². The number of rotatable bonds is 53. The first-order chi connectivity index (χ1) is 37.2. The number of ether oxygens (including phenoxy) is 3. The van der Waals surface area contributed by atoms with Gasteiger partial charge >= 0.3 is 25.7 Å². The Balaban J connectivity index is 4.89. The zero-order valence-corrected chi connectivity index (χ0v) is 48.6. The summed E-state index contributed by atoms with van der Waals surface area (Å²) in [5.41, 5.74) is 0. The molecule has 0 aromatic carbocycles. The molecule has 2 N–H and O–H groups in total. The van der Waals surface area contributed by atoms with Crippen LogP contribution in [-0.4, -0.2) is 66.5 Å². The van der Waals surface area contributed by atoms with E-state index < -0.39 is 57.8 Å². The molecule has 0 radical (unpaired) electrons. The third kappa shape index (κ3) is 54.7. The van der Waals surface area contributed by atoms with E-state index in [1.807, 2.05) is 12.2 Å². The molecule has 11 nitrogen and oxygen atoms in total. The fraction of sp³-hybridized carbons (Fsp3) is 0.641. The SMILES string of the molecule is CC/C=C\C/C=C\C/C=C\C/C=C\C/C=C\C/C=C\CCC(=O)OCC(COP(=O)(O)OCC(CO)OC(=O)CCCCCCCCCCCCCCC)OC(=O)CCCCCC/C=C\C/C=C\C/C=C\C/C=C\CC. The van der Waals surface area contributed by atoms with Crippen molar-refractivity contribution in [2.75, 3.05) is 26.4 Å². The molecular formula is C64H105O11P. The van der Waals surface area contributed by atoms with Crippen molar-refractivity contribution < 1.29 is 52.2 Å². The summed E-state index contributed by atoms with van der Waals surface area (Å²) >= 11 is 0. The second-order valence-electron chi connectivity index (χ2n) is 19.0. The van der Waals surface area contributed by atoms with Crippen LogP contribution in [0.1, 0.15) is 226 Å². The van der Waals surface area contributed by atoms with Crippen molar-refractivity contribution in [1.29, 1.82) is 0 Å². The van der Waals surface area contributed by atoms with Crippen LogP contribution in [0.4, 0.5) is 0 Å². The van der Waals surface area contributed by atoms with Gasteiger partial charge in [-0.2, -0.15) is 0 Å². The molecule has 0 aliphatic rings. The number of aliphatic hydroxyl groups is 1. The summed E-state index contributed by atoms with van der Waals surface area (Å²) in [4.78, 5) is 48.5. The molecule has 76 heavy (non-hydrogen) atoms. The minimum absolute atomic E-state index is 0.0901. The summed E-state index contributed by atoms with van der Waals surface area (Å²) in [5, 5.41) is 9.81. The first-order valence-corrected chi connectivity index (χ1v) is 30.9. The zero-order valence-electron chi connectivity index (χ0n) is 47.7. The first kappa shape index (κ1) is 71.9. The predicted molar refractivity (Wildman–Crippen MR) is 316 cm³/mol. The summed E-state index contributed by atoms with van der Waals surface area (Å²) in [6, 6.07) is 0. The zero-order chi connectivity index (χ0) is 55.5. The molecule has 0 spiro atoms. The van der Waals surface area contributed by atoms with E-state index in [1.165, 1.54) is 57.8 Å². The Bertz CT molecular complexity index is 1740. The van der Waals surface area contributed by atoms with Gasteiger partial charge in [0.15, 0.2) is 6.10 Å². The molecule has 0 aliphatic carbocycles. The number of hydrogen-bond acceptors (Lipinski definition) is 10. The Kier molecular flexibility index (Phi) is 54.0. The van der Waals surface area contributed by atoms with Crippen LogP contribution in [0.5, 0.6) is 0 Å². The highest BCUT2D eigenvalue weighted by molar-refractivity contribution is 7.47. The van der Waals surface area contributed by atoms with E-state index in [1.54, 1.807) is 0 Å². The minimum atomic E-state index is -4.78. The van der Waals surface area contributed by atoms with E-state index in [9.17, 15) is 28.9 Å². The number of unbranched alkanes of at least 4 members (excludes halogenated alkanes) is 16. The lowest BCUT2D eigenvalue weighted by Gasteiger charge is -2.21. The van der Waals surface area contributed by atoms with Crippen LogP contribution in [0.25, 0.3) is 0 Å². The molecule has 12 heteroatoms. The number of aliphatic hydroxyl groups excluding tert-OH is 1. The fourth-order valence-corrected chi connectivity index (χ4v) is 8.27. The van der Waals surface area contributed by atoms with Gasteiger partial charge in [0.05, 0.1) is 19.8 Å². The predicted octanol–water partition coefficient (Wildman–Crippen LogP) is 17.6. The van der Waals surface area contributed by atoms with Crippen molar-refractivity contribution in [1.82, 2.24) is 0 Å². The summed E-state index contributed by atoms with van der Waals surface area (Å²) in [6.45, 7) is 4.30. The molecule has 0 saturated carbocycles. The summed E-state index contributed by atoms with van der Waals surface area (Å²) in [5.74, 6) is -1.60. The van der Waals surface area contributed by atoms with Gasteiger partial charge in [0.1, 0.15) is 12.7 Å². The molecule has 0 fully saturated rings. The normalized spacial score (nSPS) is 14.2. The molecule has 0 aromatic rings. The maximum atomic E-state index is 12.9. The van der Waals surface area contributed by atoms with Gasteiger partial charge < -0.3 is 24.2 Å². The molecule has 0 amide bonds. The number of carbonyl (C=O) groups is 3. The lowest BCUT2D eigenvalue weighted by Crippen LogP contribution is -2.30. The van der Waals surface area contributed by atoms with Gasteiger partial charge in [-0.3, -0.25) is 23.4 Å². The number of hydrogen-bond donors (Lipinski definition) is 2. The first-order valence-electron chi connectivity index (χ1n) is 29.4. The van der Waals surface area contributed by atoms with Crippen molar-refractivity contribution >= 4 is 25.7 Å². The van der Waals surface area contributed by atoms with Gasteiger partial charge in [-0.25, -0.2) is 4.57 Å². The third-order valence-corrected chi connectivity index (χ3v) is 12.8. The summed E-state index contributed by atoms with van der Waals surface area (Å²) < 4.78 is 39.4. The van der Waals surface area contributed by atoms with Crippen molar-refractivity contribution in [3.63, 3.8) is 0 Å². The van der Waals surface area contributed by atoms with Gasteiger partial charge in [0.2, 0.25) is 0 Å². The molecule has 0 aromatic heterocycles. The second kappa shape index (κ2) is 57.1. The van der Waals surface area contributed by atoms with Crippen LogP contribution < -0.4 is 0 Å². The van der Waals surface area contributed by atoms with Gasteiger partial charge in [-0.1, -0.05) is 232 Å². The molecule has 0 heterocycles. The maximum Gasteiger partial charge on any atom is 0.472 e. The maximum absolute atomic E-state index is 12.9. The Morgan fingerprint density at radius 2 is 0.711 bits per heavy atom. The number of allylic oxidation sites excluding steroid dienone is 20. The number of phosphoric ester groups is 1. The monoisotopic (exact) mass is 1080 g/mol. The van der Waals surface area contributed by atoms with E-state index in [0.717, 1.165) is 109 Å². The quantitative estimate of drug-likeness (QED) is 0.0197. The van der Waals surface area contributed by atoms with E-state index in [4.69, 9.17) is 23.3 Å². The van der Waals surface area contributed by atoms with Crippen molar-refractivity contribution in [2.24, 2.45) is 0 Å². The highest BCUT2D eigenvalue weighted by Gasteiger charge is 2.28. The standard InChI is InChI=1S/C64H105O11P/c1-4-7-10-13-16-19-22-25-27-29-30-32-33-36-38-41-44-47-50-53-62(66)71-57-61(75-64(68)55-52-49-46-43-40-37-34-31-28-26-23-20-17-14-11-8-5-2)59-73-76(69,70)72-58-60(56-65)74-63(67)54-51-48-45-42-39-35-24-21-18-15-12-9-6-3/h7-8,10-11,16-17,19-20,25-28,30,32,34,36-38,44,47,60-61,65H,4-6,9,12-15,18,21-24,29,31,33,35,39-43,45-46,48-59H2,1-3H3,(H,69,70)/b10-7-,11-8-,19-16-,20-17-,27-25-,28-26-,32-30-,37-34-,38-36-,47-44-. The topological polar surface area (TPSA) is 155 Å². The van der Waals surface area contributed by atoms with Crippen LogP contribution in [0.2, 0.25) is 0 Å². The lowest BCUT2D eigenvalue weighted by atomic mass is 10.0. The van der Waals surface area contributed by atoms with Crippen molar-refractivity contribution in [2.45, 2.75) is 238 Å². The second-order valence-corrected chi connectivity index (χ2v) is 20.5. The summed E-state index contributed by atoms with van der Waals surface area (Å²) in [6.07, 6.45) is 70.3. The van der Waals surface area contributed by atoms with Crippen LogP contribution in [-0.2, 0) is 42.2 Å². The molecule has 3 atom stereocenters. The van der Waals surface area contributed by atoms with Gasteiger partial charge in [-0.05, 0) is 96.3 Å². The van der Waals surface area contributed by atoms with Gasteiger partial charge in [0, 0.05) is 19.3 Å². The Labute approximate surface area is 462 Å². The van der Waals surface area contributed by atoms with Crippen LogP contribution in [0.15, 0.2) is 122 Å². The van der Waals surface area contributed by atoms with Gasteiger partial charge in [-0.15, -0.1) is 0 Å². The number of carbonyl (C=O) groups excluding carboxylic acids is 3. The van der Waals surface area contributed by atoms with E-state index in [0.29, 0.717) is 19.3 Å². The number of phosphoric acid groups is 1. The molecule has 0 bridgehead atoms. The van der Waals surface area contributed by atoms with Crippen LogP contribution >= 0.6 is 7.82 Å². The molecule has 0 aliphatic heterocycles. The van der Waals surface area contributed by atoms with Gasteiger partial charge in [0.25, 0.3) is 0 Å². The molecule has 3 unspecified atom stereocenters. The van der Waals surface area contributed by atoms with Crippen molar-refractivity contribution in [3.8, 4) is 0 Å². The largest absolute Gasteiger partial charge is 0.472 e.